The summed E-state index contributed by atoms with van der Waals surface area (Å²) in [6.07, 6.45) is 0. The molecule has 0 amide bonds. The third-order valence-corrected chi connectivity index (χ3v) is 2.29. The molecule has 0 aliphatic carbocycles. The van der Waals surface area contributed by atoms with Crippen LogP contribution < -0.4 is 5.32 Å². The number of nitrogens with one attached hydrogen (secondary N) is 1. The van der Waals surface area contributed by atoms with E-state index in [1.807, 2.05) is 14.1 Å². The Morgan fingerprint density at radius 2 is 2.06 bits per heavy atom. The molecule has 0 spiro atoms. The van der Waals surface area contributed by atoms with Gasteiger partial charge in [-0.05, 0) is 14.1 Å². The van der Waals surface area contributed by atoms with Gasteiger partial charge in [-0.15, -0.1) is 0 Å². The van der Waals surface area contributed by atoms with Gasteiger partial charge >= 0.3 is 0 Å². The van der Waals surface area contributed by atoms with Gasteiger partial charge in [0.05, 0.1) is 6.54 Å². The molecule has 1 N–H and O–H groups in total. The van der Waals surface area contributed by atoms with Gasteiger partial charge in [0.2, 0.25) is 5.89 Å². The summed E-state index contributed by atoms with van der Waals surface area (Å²) in [7, 11) is 3.98. The highest BCUT2D eigenvalue weighted by atomic mass is 16.5. The maximum atomic E-state index is 5.22. The Kier molecular flexibility index (Phi) is 4.44. The molecule has 0 saturated carbocycles. The summed E-state index contributed by atoms with van der Waals surface area (Å²) in [5.74, 6) is 1.45. The minimum Gasteiger partial charge on any atom is -0.338 e. The molecule has 1 rings (SSSR count). The molecule has 0 aliphatic rings. The van der Waals surface area contributed by atoms with Crippen LogP contribution in [0.1, 0.15) is 32.5 Å². The summed E-state index contributed by atoms with van der Waals surface area (Å²) >= 11 is 0. The molecule has 5 heteroatoms. The van der Waals surface area contributed by atoms with E-state index in [4.69, 9.17) is 4.52 Å². The first-order valence-electron chi connectivity index (χ1n) is 5.59. The van der Waals surface area contributed by atoms with Crippen LogP contribution in [0.25, 0.3) is 0 Å². The van der Waals surface area contributed by atoms with Crippen LogP contribution in [-0.4, -0.2) is 42.2 Å². The highest BCUT2D eigenvalue weighted by Gasteiger charge is 2.21. The van der Waals surface area contributed by atoms with E-state index in [1.165, 1.54) is 0 Å². The summed E-state index contributed by atoms with van der Waals surface area (Å²) in [5.41, 5.74) is -0.0503. The van der Waals surface area contributed by atoms with E-state index in [-0.39, 0.29) is 5.41 Å². The molecule has 16 heavy (non-hydrogen) atoms. The lowest BCUT2D eigenvalue weighted by Gasteiger charge is -2.13. The zero-order valence-electron chi connectivity index (χ0n) is 10.9. The van der Waals surface area contributed by atoms with Gasteiger partial charge in [0, 0.05) is 18.5 Å². The highest BCUT2D eigenvalue weighted by Crippen LogP contribution is 2.18. The molecule has 0 unspecified atom stereocenters. The van der Waals surface area contributed by atoms with Gasteiger partial charge in [0.1, 0.15) is 0 Å². The van der Waals surface area contributed by atoms with Crippen molar-refractivity contribution in [2.45, 2.75) is 32.7 Å². The van der Waals surface area contributed by atoms with Gasteiger partial charge < -0.3 is 9.84 Å². The molecule has 1 heterocycles. The molecule has 92 valence electrons. The summed E-state index contributed by atoms with van der Waals surface area (Å²) in [5, 5.41) is 7.10. The van der Waals surface area contributed by atoms with Crippen LogP contribution in [0.2, 0.25) is 0 Å². The van der Waals surface area contributed by atoms with Gasteiger partial charge in [-0.1, -0.05) is 25.9 Å². The van der Waals surface area contributed by atoms with Crippen molar-refractivity contribution in [1.82, 2.24) is 20.4 Å². The molecule has 0 atom stereocenters. The van der Waals surface area contributed by atoms with Crippen molar-refractivity contribution in [3.8, 4) is 0 Å². The zero-order valence-corrected chi connectivity index (χ0v) is 10.9. The fraction of sp³-hybridized carbons (Fsp3) is 0.818. The summed E-state index contributed by atoms with van der Waals surface area (Å²) in [4.78, 5) is 6.54. The number of hydrogen-bond acceptors (Lipinski definition) is 5. The maximum absolute atomic E-state index is 5.22. The second-order valence-corrected chi connectivity index (χ2v) is 5.10. The van der Waals surface area contributed by atoms with Crippen molar-refractivity contribution < 1.29 is 4.52 Å². The zero-order chi connectivity index (χ0) is 12.2. The van der Waals surface area contributed by atoms with Crippen LogP contribution >= 0.6 is 0 Å². The Hall–Kier alpha value is -0.940. The van der Waals surface area contributed by atoms with Crippen LogP contribution in [-0.2, 0) is 12.0 Å². The van der Waals surface area contributed by atoms with Gasteiger partial charge in [-0.25, -0.2) is 0 Å². The molecule has 0 fully saturated rings. The topological polar surface area (TPSA) is 54.2 Å². The smallest absolute Gasteiger partial charge is 0.240 e. The largest absolute Gasteiger partial charge is 0.338 e. The minimum absolute atomic E-state index is 0.0503. The van der Waals surface area contributed by atoms with Crippen LogP contribution in [0.5, 0.6) is 0 Å². The predicted molar refractivity (Wildman–Crippen MR) is 63.3 cm³/mol. The van der Waals surface area contributed by atoms with Crippen LogP contribution in [0.15, 0.2) is 4.52 Å². The third-order valence-electron chi connectivity index (χ3n) is 2.29. The average Bonchev–Trinajstić information content (AvgIpc) is 2.62. The van der Waals surface area contributed by atoms with Gasteiger partial charge in [0.15, 0.2) is 5.82 Å². The van der Waals surface area contributed by atoms with E-state index in [1.54, 1.807) is 0 Å². The number of nitrogens with zero attached hydrogens (tertiary/aromatic N) is 3. The summed E-state index contributed by atoms with van der Waals surface area (Å²) < 4.78 is 5.22. The molecule has 0 bridgehead atoms. The quantitative estimate of drug-likeness (QED) is 0.812. The Labute approximate surface area is 97.2 Å². The first-order chi connectivity index (χ1) is 7.43. The first kappa shape index (κ1) is 13.1. The fourth-order valence-electron chi connectivity index (χ4n) is 1.24. The van der Waals surface area contributed by atoms with E-state index in [0.717, 1.165) is 18.9 Å². The first-order valence-corrected chi connectivity index (χ1v) is 5.59. The Morgan fingerprint density at radius 3 is 2.56 bits per heavy atom. The average molecular weight is 226 g/mol. The molecule has 0 saturated heterocycles. The maximum Gasteiger partial charge on any atom is 0.240 e. The minimum atomic E-state index is -0.0503. The summed E-state index contributed by atoms with van der Waals surface area (Å²) in [6, 6.07) is 0. The van der Waals surface area contributed by atoms with E-state index in [0.29, 0.717) is 12.4 Å². The van der Waals surface area contributed by atoms with Gasteiger partial charge in [-0.2, -0.15) is 4.98 Å². The van der Waals surface area contributed by atoms with Gasteiger partial charge in [-0.3, -0.25) is 4.90 Å². The van der Waals surface area contributed by atoms with E-state index in [9.17, 15) is 0 Å². The molecular weight excluding hydrogens is 204 g/mol. The lowest BCUT2D eigenvalue weighted by atomic mass is 9.96. The molecular formula is C11H22N4O. The van der Waals surface area contributed by atoms with Crippen molar-refractivity contribution in [2.24, 2.45) is 0 Å². The Morgan fingerprint density at radius 1 is 1.38 bits per heavy atom. The lowest BCUT2D eigenvalue weighted by Crippen LogP contribution is -2.27. The molecule has 0 aromatic carbocycles. The van der Waals surface area contributed by atoms with Crippen LogP contribution in [0.3, 0.4) is 0 Å². The molecule has 5 nitrogen and oxygen atoms in total. The Balaban J connectivity index is 2.52. The molecule has 1 aromatic heterocycles. The highest BCUT2D eigenvalue weighted by molar-refractivity contribution is 4.99. The van der Waals surface area contributed by atoms with Crippen molar-refractivity contribution >= 4 is 0 Å². The fourth-order valence-corrected chi connectivity index (χ4v) is 1.24. The van der Waals surface area contributed by atoms with Crippen molar-refractivity contribution in [3.63, 3.8) is 0 Å². The molecule has 0 radical (unpaired) electrons. The van der Waals surface area contributed by atoms with Crippen molar-refractivity contribution in [2.75, 3.05) is 27.2 Å². The van der Waals surface area contributed by atoms with Crippen LogP contribution in [0.4, 0.5) is 0 Å². The van der Waals surface area contributed by atoms with E-state index in [2.05, 4.69) is 41.1 Å². The normalized spacial score (nSPS) is 12.4. The molecule has 1 aromatic rings. The van der Waals surface area contributed by atoms with E-state index >= 15 is 0 Å². The summed E-state index contributed by atoms with van der Waals surface area (Å²) in [6.45, 7) is 8.84. The number of rotatable bonds is 5. The second kappa shape index (κ2) is 5.41. The monoisotopic (exact) mass is 226 g/mol. The standard InChI is InChI=1S/C11H22N4O/c1-11(2,3)10-13-9(16-14-10)8-15(5)7-6-12-4/h12H,6-8H2,1-5H3. The number of likely N-dealkylation sites (N-methyl/N-ethyl adjacent to an activating group) is 2. The predicted octanol–water partition coefficient (Wildman–Crippen LogP) is 1.02. The van der Waals surface area contributed by atoms with Crippen LogP contribution in [0, 0.1) is 0 Å². The number of aromatic nitrogens is 2. The SMILES string of the molecule is CNCCN(C)Cc1nc(C(C)(C)C)no1. The van der Waals surface area contributed by atoms with E-state index < -0.39 is 0 Å². The third kappa shape index (κ3) is 3.90. The van der Waals surface area contributed by atoms with Gasteiger partial charge in [0.25, 0.3) is 0 Å². The lowest BCUT2D eigenvalue weighted by molar-refractivity contribution is 0.266. The molecule has 0 aliphatic heterocycles. The van der Waals surface area contributed by atoms with Crippen molar-refractivity contribution in [3.05, 3.63) is 11.7 Å². The second-order valence-electron chi connectivity index (χ2n) is 5.10. The number of hydrogen-bond donors (Lipinski definition) is 1. The van der Waals surface area contributed by atoms with Crippen molar-refractivity contribution in [1.29, 1.82) is 0 Å². The Bertz CT molecular complexity index is 316.